The van der Waals surface area contributed by atoms with Crippen LogP contribution >= 0.6 is 0 Å². The molecule has 1 amide bonds. The molecular formula is C18H23N5O2. The number of pyridine rings is 1. The number of amides is 1. The van der Waals surface area contributed by atoms with E-state index in [1.54, 1.807) is 32.4 Å². The Hall–Kier alpha value is -2.70. The number of ether oxygens (including phenoxy) is 1. The number of aryl methyl sites for hydroxylation is 1. The van der Waals surface area contributed by atoms with Crippen molar-refractivity contribution in [2.75, 3.05) is 32.1 Å². The summed E-state index contributed by atoms with van der Waals surface area (Å²) in [6, 6.07) is 3.51. The van der Waals surface area contributed by atoms with E-state index in [2.05, 4.69) is 19.9 Å². The van der Waals surface area contributed by atoms with Crippen molar-refractivity contribution in [3.8, 4) is 5.88 Å². The van der Waals surface area contributed by atoms with Gasteiger partial charge in [0.2, 0.25) is 11.8 Å². The summed E-state index contributed by atoms with van der Waals surface area (Å²) in [5.41, 5.74) is 1.62. The standard InChI is InChI=1S/C18H23N5O2/c1-13-10-20-18(21-11-13)23-8-6-15(7-9-23)25-16-5-4-14(12-19-16)17(24)22(2)3/h4-5,10-12,15H,6-9H2,1-3H3. The topological polar surface area (TPSA) is 71.5 Å². The van der Waals surface area contributed by atoms with Crippen LogP contribution < -0.4 is 9.64 Å². The van der Waals surface area contributed by atoms with Crippen LogP contribution in [-0.4, -0.2) is 59.0 Å². The lowest BCUT2D eigenvalue weighted by atomic mass is 10.1. The maximum Gasteiger partial charge on any atom is 0.254 e. The monoisotopic (exact) mass is 341 g/mol. The Kier molecular flexibility index (Phi) is 5.11. The van der Waals surface area contributed by atoms with Crippen molar-refractivity contribution >= 4 is 11.9 Å². The lowest BCUT2D eigenvalue weighted by molar-refractivity contribution is 0.0827. The SMILES string of the molecule is Cc1cnc(N2CCC(Oc3ccc(C(=O)N(C)C)cn3)CC2)nc1. The molecule has 0 unspecified atom stereocenters. The minimum atomic E-state index is -0.0644. The summed E-state index contributed by atoms with van der Waals surface area (Å²) >= 11 is 0. The Bertz CT molecular complexity index is 707. The van der Waals surface area contributed by atoms with Gasteiger partial charge in [0.1, 0.15) is 6.10 Å². The summed E-state index contributed by atoms with van der Waals surface area (Å²) < 4.78 is 5.95. The molecule has 2 aromatic rings. The zero-order valence-corrected chi connectivity index (χ0v) is 14.8. The summed E-state index contributed by atoms with van der Waals surface area (Å²) in [6.07, 6.45) is 7.13. The first-order valence-corrected chi connectivity index (χ1v) is 8.41. The van der Waals surface area contributed by atoms with E-state index in [4.69, 9.17) is 4.74 Å². The molecular weight excluding hydrogens is 318 g/mol. The third-order valence-corrected chi connectivity index (χ3v) is 4.17. The van der Waals surface area contributed by atoms with E-state index in [1.165, 1.54) is 4.90 Å². The predicted molar refractivity (Wildman–Crippen MR) is 94.9 cm³/mol. The maximum atomic E-state index is 11.9. The molecule has 0 aliphatic carbocycles. The number of anilines is 1. The molecule has 7 heteroatoms. The Labute approximate surface area is 147 Å². The number of aromatic nitrogens is 3. The summed E-state index contributed by atoms with van der Waals surface area (Å²) in [6.45, 7) is 3.68. The summed E-state index contributed by atoms with van der Waals surface area (Å²) in [4.78, 5) is 28.6. The Balaban J connectivity index is 1.53. The zero-order chi connectivity index (χ0) is 17.8. The minimum Gasteiger partial charge on any atom is -0.474 e. The van der Waals surface area contributed by atoms with E-state index in [1.807, 2.05) is 19.3 Å². The van der Waals surface area contributed by atoms with Gasteiger partial charge in [-0.1, -0.05) is 0 Å². The first kappa shape index (κ1) is 17.1. The van der Waals surface area contributed by atoms with Gasteiger partial charge in [-0.3, -0.25) is 4.79 Å². The van der Waals surface area contributed by atoms with Crippen LogP contribution in [0.25, 0.3) is 0 Å². The van der Waals surface area contributed by atoms with E-state index in [-0.39, 0.29) is 12.0 Å². The first-order valence-electron chi connectivity index (χ1n) is 8.41. The van der Waals surface area contributed by atoms with E-state index in [9.17, 15) is 4.79 Å². The van der Waals surface area contributed by atoms with Gasteiger partial charge in [-0.2, -0.15) is 0 Å². The number of piperidine rings is 1. The quantitative estimate of drug-likeness (QED) is 0.846. The fourth-order valence-electron chi connectivity index (χ4n) is 2.73. The average molecular weight is 341 g/mol. The van der Waals surface area contributed by atoms with Gasteiger partial charge in [0.05, 0.1) is 5.56 Å². The number of hydrogen-bond donors (Lipinski definition) is 0. The molecule has 1 fully saturated rings. The molecule has 0 saturated carbocycles. The summed E-state index contributed by atoms with van der Waals surface area (Å²) in [5, 5.41) is 0. The van der Waals surface area contributed by atoms with Crippen LogP contribution in [0.15, 0.2) is 30.7 Å². The largest absolute Gasteiger partial charge is 0.474 e. The van der Waals surface area contributed by atoms with Crippen LogP contribution in [0.4, 0.5) is 5.95 Å². The Morgan fingerprint density at radius 3 is 2.36 bits per heavy atom. The Morgan fingerprint density at radius 1 is 1.12 bits per heavy atom. The lowest BCUT2D eigenvalue weighted by Crippen LogP contribution is -2.39. The van der Waals surface area contributed by atoms with Crippen molar-refractivity contribution in [3.63, 3.8) is 0 Å². The van der Waals surface area contributed by atoms with Crippen molar-refractivity contribution in [1.29, 1.82) is 0 Å². The molecule has 0 aromatic carbocycles. The highest BCUT2D eigenvalue weighted by Crippen LogP contribution is 2.20. The van der Waals surface area contributed by atoms with Gasteiger partial charge in [0.25, 0.3) is 5.91 Å². The van der Waals surface area contributed by atoms with Crippen molar-refractivity contribution in [2.24, 2.45) is 0 Å². The number of hydrogen-bond acceptors (Lipinski definition) is 6. The van der Waals surface area contributed by atoms with Gasteiger partial charge in [-0.15, -0.1) is 0 Å². The fraction of sp³-hybridized carbons (Fsp3) is 0.444. The molecule has 0 N–H and O–H groups in total. The second-order valence-corrected chi connectivity index (χ2v) is 6.45. The van der Waals surface area contributed by atoms with E-state index >= 15 is 0 Å². The molecule has 132 valence electrons. The van der Waals surface area contributed by atoms with Crippen LogP contribution in [-0.2, 0) is 0 Å². The van der Waals surface area contributed by atoms with Gasteiger partial charge in [-0.05, 0) is 18.6 Å². The first-order chi connectivity index (χ1) is 12.0. The lowest BCUT2D eigenvalue weighted by Gasteiger charge is -2.31. The molecule has 2 aromatic heterocycles. The third-order valence-electron chi connectivity index (χ3n) is 4.17. The van der Waals surface area contributed by atoms with Gasteiger partial charge in [0.15, 0.2) is 0 Å². The van der Waals surface area contributed by atoms with Crippen LogP contribution in [0.2, 0.25) is 0 Å². The molecule has 0 bridgehead atoms. The van der Waals surface area contributed by atoms with Crippen molar-refractivity contribution < 1.29 is 9.53 Å². The average Bonchev–Trinajstić information content (AvgIpc) is 2.63. The molecule has 1 saturated heterocycles. The molecule has 0 spiro atoms. The highest BCUT2D eigenvalue weighted by atomic mass is 16.5. The summed E-state index contributed by atoms with van der Waals surface area (Å²) in [7, 11) is 3.44. The highest BCUT2D eigenvalue weighted by Gasteiger charge is 2.22. The second-order valence-electron chi connectivity index (χ2n) is 6.45. The van der Waals surface area contributed by atoms with Gasteiger partial charge >= 0.3 is 0 Å². The molecule has 1 aliphatic heterocycles. The number of carbonyl (C=O) groups excluding carboxylic acids is 1. The molecule has 3 heterocycles. The van der Waals surface area contributed by atoms with Crippen LogP contribution in [0.3, 0.4) is 0 Å². The van der Waals surface area contributed by atoms with Crippen molar-refractivity contribution in [2.45, 2.75) is 25.9 Å². The maximum absolute atomic E-state index is 11.9. The molecule has 7 nitrogen and oxygen atoms in total. The van der Waals surface area contributed by atoms with Crippen molar-refractivity contribution in [3.05, 3.63) is 41.9 Å². The zero-order valence-electron chi connectivity index (χ0n) is 14.8. The predicted octanol–water partition coefficient (Wildman–Crippen LogP) is 1.93. The molecule has 0 radical (unpaired) electrons. The molecule has 1 aliphatic rings. The van der Waals surface area contributed by atoms with Gasteiger partial charge in [-0.25, -0.2) is 15.0 Å². The molecule has 3 rings (SSSR count). The van der Waals surface area contributed by atoms with Crippen LogP contribution in [0, 0.1) is 6.92 Å². The van der Waals surface area contributed by atoms with Gasteiger partial charge < -0.3 is 14.5 Å². The van der Waals surface area contributed by atoms with Crippen LogP contribution in [0.5, 0.6) is 5.88 Å². The normalized spacial score (nSPS) is 15.1. The smallest absolute Gasteiger partial charge is 0.254 e. The number of nitrogens with zero attached hydrogens (tertiary/aromatic N) is 5. The van der Waals surface area contributed by atoms with E-state index in [0.717, 1.165) is 37.4 Å². The highest BCUT2D eigenvalue weighted by molar-refractivity contribution is 5.93. The van der Waals surface area contributed by atoms with Crippen LogP contribution in [0.1, 0.15) is 28.8 Å². The summed E-state index contributed by atoms with van der Waals surface area (Å²) in [5.74, 6) is 1.26. The molecule has 25 heavy (non-hydrogen) atoms. The van der Waals surface area contributed by atoms with E-state index in [0.29, 0.717) is 11.4 Å². The minimum absolute atomic E-state index is 0.0644. The second kappa shape index (κ2) is 7.46. The Morgan fingerprint density at radius 2 is 1.80 bits per heavy atom. The third kappa shape index (κ3) is 4.23. The van der Waals surface area contributed by atoms with Gasteiger partial charge in [0, 0.05) is 64.7 Å². The number of carbonyl (C=O) groups is 1. The fourth-order valence-corrected chi connectivity index (χ4v) is 2.73. The molecule has 0 atom stereocenters. The number of rotatable bonds is 4. The van der Waals surface area contributed by atoms with E-state index < -0.39 is 0 Å². The van der Waals surface area contributed by atoms with Crippen molar-refractivity contribution in [1.82, 2.24) is 19.9 Å².